The Hall–Kier alpha value is -1.51. The van der Waals surface area contributed by atoms with Crippen LogP contribution in [0.2, 0.25) is 0 Å². The molecule has 0 saturated carbocycles. The second-order valence-corrected chi connectivity index (χ2v) is 3.10. The molecule has 0 atom stereocenters. The van der Waals surface area contributed by atoms with E-state index in [0.29, 0.717) is 5.69 Å². The Bertz CT molecular complexity index is 308. The van der Waals surface area contributed by atoms with Gasteiger partial charge in [0.1, 0.15) is 0 Å². The summed E-state index contributed by atoms with van der Waals surface area (Å²) >= 11 is 0. The molecule has 0 aliphatic rings. The molecule has 0 saturated heterocycles. The molecule has 3 N–H and O–H groups in total. The zero-order chi connectivity index (χ0) is 11.1. The van der Waals surface area contributed by atoms with Crippen LogP contribution in [0.4, 0.5) is 5.69 Å². The minimum atomic E-state index is -0.980. The fourth-order valence-corrected chi connectivity index (χ4v) is 0.855. The van der Waals surface area contributed by atoms with Crippen LogP contribution in [0.15, 0.2) is 18.2 Å². The van der Waals surface area contributed by atoms with Gasteiger partial charge in [0.15, 0.2) is 0 Å². The topological polar surface area (TPSA) is 63.3 Å². The van der Waals surface area contributed by atoms with Crippen molar-refractivity contribution >= 4 is 11.7 Å². The smallest absolute Gasteiger partial charge is 0.337 e. The van der Waals surface area contributed by atoms with Crippen molar-refractivity contribution in [3.63, 3.8) is 0 Å². The first kappa shape index (κ1) is 12.5. The van der Waals surface area contributed by atoms with Crippen molar-refractivity contribution in [3.8, 4) is 0 Å². The minimum Gasteiger partial charge on any atom is -0.478 e. The molecule has 1 aromatic carbocycles. The lowest BCUT2D eigenvalue weighted by Crippen LogP contribution is -2.02. The van der Waals surface area contributed by atoms with E-state index in [1.54, 1.807) is 18.2 Å². The Morgan fingerprint density at radius 3 is 2.29 bits per heavy atom. The molecular formula is C11H17NO2. The Balaban J connectivity index is 0.000000500. The summed E-state index contributed by atoms with van der Waals surface area (Å²) in [6.45, 7) is 6.08. The summed E-state index contributed by atoms with van der Waals surface area (Å²) in [6, 6.07) is 4.93. The average molecular weight is 195 g/mol. The van der Waals surface area contributed by atoms with Crippen LogP contribution in [0.1, 0.15) is 36.2 Å². The quantitative estimate of drug-likeness (QED) is 0.677. The van der Waals surface area contributed by atoms with Gasteiger partial charge < -0.3 is 10.8 Å². The first-order valence-electron chi connectivity index (χ1n) is 4.62. The lowest BCUT2D eigenvalue weighted by atomic mass is 10.1. The van der Waals surface area contributed by atoms with Crippen molar-refractivity contribution in [2.75, 3.05) is 5.73 Å². The third-order valence-corrected chi connectivity index (χ3v) is 1.44. The van der Waals surface area contributed by atoms with E-state index in [2.05, 4.69) is 13.8 Å². The summed E-state index contributed by atoms with van der Waals surface area (Å²) in [4.78, 5) is 10.5. The van der Waals surface area contributed by atoms with Crippen LogP contribution in [0, 0.1) is 6.92 Å². The maximum atomic E-state index is 10.5. The molecule has 3 nitrogen and oxygen atoms in total. The molecule has 0 bridgehead atoms. The van der Waals surface area contributed by atoms with Gasteiger partial charge in [-0.15, -0.1) is 0 Å². The second kappa shape index (κ2) is 6.02. The van der Waals surface area contributed by atoms with Gasteiger partial charge in [-0.25, -0.2) is 4.79 Å². The third-order valence-electron chi connectivity index (χ3n) is 1.44. The summed E-state index contributed by atoms with van der Waals surface area (Å²) in [5.41, 5.74) is 6.79. The molecule has 0 spiro atoms. The second-order valence-electron chi connectivity index (χ2n) is 3.10. The summed E-state index contributed by atoms with van der Waals surface area (Å²) in [6.07, 6.45) is 1.25. The van der Waals surface area contributed by atoms with Crippen molar-refractivity contribution in [1.29, 1.82) is 0 Å². The van der Waals surface area contributed by atoms with Crippen molar-refractivity contribution < 1.29 is 9.90 Å². The van der Waals surface area contributed by atoms with E-state index in [9.17, 15) is 4.79 Å². The van der Waals surface area contributed by atoms with Crippen LogP contribution < -0.4 is 5.73 Å². The predicted molar refractivity (Wildman–Crippen MR) is 58.5 cm³/mol. The average Bonchev–Trinajstić information content (AvgIpc) is 2.10. The number of benzene rings is 1. The summed E-state index contributed by atoms with van der Waals surface area (Å²) < 4.78 is 0. The molecule has 0 unspecified atom stereocenters. The van der Waals surface area contributed by atoms with Gasteiger partial charge in [-0.3, -0.25) is 0 Å². The molecule has 0 aliphatic carbocycles. The van der Waals surface area contributed by atoms with Crippen molar-refractivity contribution in [2.24, 2.45) is 0 Å². The van der Waals surface area contributed by atoms with Gasteiger partial charge >= 0.3 is 5.97 Å². The molecular weight excluding hydrogens is 178 g/mol. The number of carboxylic acid groups (broad SMARTS) is 1. The Morgan fingerprint density at radius 2 is 1.93 bits per heavy atom. The van der Waals surface area contributed by atoms with Crippen LogP contribution in [-0.4, -0.2) is 11.1 Å². The SMILES string of the molecule is CCC.Cc1ccc(N)c(C(=O)O)c1. The first-order chi connectivity index (χ1) is 6.52. The number of hydrogen-bond donors (Lipinski definition) is 2. The maximum Gasteiger partial charge on any atom is 0.337 e. The van der Waals surface area contributed by atoms with Gasteiger partial charge in [-0.1, -0.05) is 31.9 Å². The molecule has 0 heterocycles. The van der Waals surface area contributed by atoms with Crippen LogP contribution in [0.3, 0.4) is 0 Å². The first-order valence-corrected chi connectivity index (χ1v) is 4.62. The molecule has 0 amide bonds. The van der Waals surface area contributed by atoms with Gasteiger partial charge in [0.05, 0.1) is 5.56 Å². The Labute approximate surface area is 84.6 Å². The standard InChI is InChI=1S/C8H9NO2.C3H8/c1-5-2-3-7(9)6(4-5)8(10)11;1-3-2/h2-4H,9H2,1H3,(H,10,11);3H2,1-2H3. The molecule has 78 valence electrons. The molecule has 1 rings (SSSR count). The summed E-state index contributed by atoms with van der Waals surface area (Å²) in [5.74, 6) is -0.980. The summed E-state index contributed by atoms with van der Waals surface area (Å²) in [5, 5.41) is 8.61. The number of nitrogen functional groups attached to an aromatic ring is 1. The fourth-order valence-electron chi connectivity index (χ4n) is 0.855. The highest BCUT2D eigenvalue weighted by Gasteiger charge is 2.05. The van der Waals surface area contributed by atoms with Gasteiger partial charge in [-0.05, 0) is 19.1 Å². The van der Waals surface area contributed by atoms with Crippen LogP contribution in [0.5, 0.6) is 0 Å². The normalized spacial score (nSPS) is 8.79. The molecule has 14 heavy (non-hydrogen) atoms. The van der Waals surface area contributed by atoms with E-state index in [4.69, 9.17) is 10.8 Å². The molecule has 1 aromatic rings. The van der Waals surface area contributed by atoms with Crippen molar-refractivity contribution in [2.45, 2.75) is 27.2 Å². The molecule has 0 aliphatic heterocycles. The number of carboxylic acids is 1. The van der Waals surface area contributed by atoms with Gasteiger partial charge in [0, 0.05) is 5.69 Å². The van der Waals surface area contributed by atoms with Gasteiger partial charge in [0.2, 0.25) is 0 Å². The number of nitrogens with two attached hydrogens (primary N) is 1. The number of carbonyl (C=O) groups is 1. The fraction of sp³-hybridized carbons (Fsp3) is 0.364. The van der Waals surface area contributed by atoms with E-state index in [-0.39, 0.29) is 5.56 Å². The zero-order valence-corrected chi connectivity index (χ0v) is 8.87. The molecule has 0 fully saturated rings. The Kier molecular flexibility index (Phi) is 5.37. The highest BCUT2D eigenvalue weighted by molar-refractivity contribution is 5.93. The maximum absolute atomic E-state index is 10.5. The molecule has 0 aromatic heterocycles. The zero-order valence-electron chi connectivity index (χ0n) is 8.87. The number of anilines is 1. The lowest BCUT2D eigenvalue weighted by Gasteiger charge is -2.00. The van der Waals surface area contributed by atoms with Crippen LogP contribution >= 0.6 is 0 Å². The molecule has 0 radical (unpaired) electrons. The number of aryl methyl sites for hydroxylation is 1. The van der Waals surface area contributed by atoms with Crippen molar-refractivity contribution in [1.82, 2.24) is 0 Å². The predicted octanol–water partition coefficient (Wildman–Crippen LogP) is 2.69. The van der Waals surface area contributed by atoms with Gasteiger partial charge in [-0.2, -0.15) is 0 Å². The minimum absolute atomic E-state index is 0.171. The van der Waals surface area contributed by atoms with E-state index in [1.165, 1.54) is 6.42 Å². The number of aromatic carboxylic acids is 1. The monoisotopic (exact) mass is 195 g/mol. The van der Waals surface area contributed by atoms with Crippen molar-refractivity contribution in [3.05, 3.63) is 29.3 Å². The highest BCUT2D eigenvalue weighted by atomic mass is 16.4. The lowest BCUT2D eigenvalue weighted by molar-refractivity contribution is 0.0698. The van der Waals surface area contributed by atoms with Crippen LogP contribution in [0.25, 0.3) is 0 Å². The largest absolute Gasteiger partial charge is 0.478 e. The van der Waals surface area contributed by atoms with Crippen LogP contribution in [-0.2, 0) is 0 Å². The Morgan fingerprint density at radius 1 is 1.43 bits per heavy atom. The van der Waals surface area contributed by atoms with Gasteiger partial charge in [0.25, 0.3) is 0 Å². The van der Waals surface area contributed by atoms with E-state index in [0.717, 1.165) is 5.56 Å². The summed E-state index contributed by atoms with van der Waals surface area (Å²) in [7, 11) is 0. The number of rotatable bonds is 1. The molecule has 3 heteroatoms. The van der Waals surface area contributed by atoms with E-state index >= 15 is 0 Å². The third kappa shape index (κ3) is 3.94. The van der Waals surface area contributed by atoms with E-state index < -0.39 is 5.97 Å². The highest BCUT2D eigenvalue weighted by Crippen LogP contribution is 2.12. The van der Waals surface area contributed by atoms with E-state index in [1.807, 2.05) is 6.92 Å². The number of hydrogen-bond acceptors (Lipinski definition) is 2.